The molecule has 6 heteroatoms. The molecule has 0 bridgehead atoms. The van der Waals surface area contributed by atoms with Crippen molar-refractivity contribution in [3.63, 3.8) is 0 Å². The molecular weight excluding hydrogens is 464 g/mol. The van der Waals surface area contributed by atoms with Crippen molar-refractivity contribution >= 4 is 6.16 Å². The monoisotopic (exact) mass is 504 g/mol. The molecule has 1 heterocycles. The van der Waals surface area contributed by atoms with Crippen molar-refractivity contribution in [3.05, 3.63) is 60.9 Å². The Hall–Kier alpha value is -3.41. The Bertz CT molecular complexity index is 1030. The highest BCUT2D eigenvalue weighted by molar-refractivity contribution is 5.66. The molecule has 0 aliphatic rings. The van der Waals surface area contributed by atoms with Crippen LogP contribution in [0.4, 0.5) is 4.79 Å². The average molecular weight is 505 g/mol. The topological polar surface area (TPSA) is 70.5 Å². The number of aromatic nitrogens is 2. The first kappa shape index (κ1) is 28.2. The molecule has 0 aliphatic heterocycles. The van der Waals surface area contributed by atoms with Crippen molar-refractivity contribution in [1.82, 2.24) is 9.97 Å². The molecule has 37 heavy (non-hydrogen) atoms. The standard InChI is InChI=1S/C31H40N2O4/c1-3-5-7-9-10-12-22-36-31(34)37-28-19-15-26(16-20-28)30-24-32-29(23-33-30)25-13-17-27(18-14-25)35-21-11-8-6-4-2/h13-20,23-24H,3-12,21-22H2,1-2H3. The van der Waals surface area contributed by atoms with E-state index in [0.29, 0.717) is 12.4 Å². The van der Waals surface area contributed by atoms with Crippen LogP contribution in [0.5, 0.6) is 11.5 Å². The summed E-state index contributed by atoms with van der Waals surface area (Å²) in [5.74, 6) is 1.31. The van der Waals surface area contributed by atoms with Crippen LogP contribution in [0.25, 0.3) is 22.5 Å². The maximum Gasteiger partial charge on any atom is 0.513 e. The summed E-state index contributed by atoms with van der Waals surface area (Å²) in [6.45, 7) is 5.54. The van der Waals surface area contributed by atoms with E-state index in [2.05, 4.69) is 23.8 Å². The molecule has 0 aliphatic carbocycles. The number of nitrogens with zero attached hydrogens (tertiary/aromatic N) is 2. The zero-order valence-electron chi connectivity index (χ0n) is 22.3. The summed E-state index contributed by atoms with van der Waals surface area (Å²) in [5.41, 5.74) is 3.42. The Morgan fingerprint density at radius 3 is 1.68 bits per heavy atom. The lowest BCUT2D eigenvalue weighted by molar-refractivity contribution is 0.0973. The van der Waals surface area contributed by atoms with Crippen molar-refractivity contribution in [1.29, 1.82) is 0 Å². The third-order valence-corrected chi connectivity index (χ3v) is 6.14. The van der Waals surface area contributed by atoms with E-state index in [1.165, 1.54) is 44.9 Å². The molecule has 6 nitrogen and oxygen atoms in total. The number of carbonyl (C=O) groups excluding carboxylic acids is 1. The number of hydrogen-bond donors (Lipinski definition) is 0. The molecule has 0 spiro atoms. The zero-order chi connectivity index (χ0) is 26.1. The molecule has 0 N–H and O–H groups in total. The smallest absolute Gasteiger partial charge is 0.494 e. The number of unbranched alkanes of at least 4 members (excludes halogenated alkanes) is 8. The van der Waals surface area contributed by atoms with Crippen LogP contribution < -0.4 is 9.47 Å². The third kappa shape index (κ3) is 10.2. The minimum absolute atomic E-state index is 0.389. The van der Waals surface area contributed by atoms with Gasteiger partial charge in [-0.2, -0.15) is 0 Å². The summed E-state index contributed by atoms with van der Waals surface area (Å²) < 4.78 is 16.3. The minimum atomic E-state index is -0.668. The Labute approximate surface area is 221 Å². The van der Waals surface area contributed by atoms with Crippen molar-refractivity contribution in [2.24, 2.45) is 0 Å². The van der Waals surface area contributed by atoms with Gasteiger partial charge in [-0.15, -0.1) is 0 Å². The average Bonchev–Trinajstić information content (AvgIpc) is 2.93. The van der Waals surface area contributed by atoms with E-state index in [4.69, 9.17) is 14.2 Å². The Balaban J connectivity index is 1.44. The number of carbonyl (C=O) groups is 1. The van der Waals surface area contributed by atoms with Crippen molar-refractivity contribution < 1.29 is 19.0 Å². The fourth-order valence-electron chi connectivity index (χ4n) is 3.92. The Morgan fingerprint density at radius 2 is 1.11 bits per heavy atom. The first-order chi connectivity index (χ1) is 18.2. The van der Waals surface area contributed by atoms with E-state index in [1.54, 1.807) is 24.5 Å². The molecule has 3 rings (SSSR count). The fraction of sp³-hybridized carbons (Fsp3) is 0.452. The fourth-order valence-corrected chi connectivity index (χ4v) is 3.92. The second-order valence-corrected chi connectivity index (χ2v) is 9.21. The molecule has 0 unspecified atom stereocenters. The minimum Gasteiger partial charge on any atom is -0.494 e. The number of rotatable bonds is 16. The van der Waals surface area contributed by atoms with Crippen LogP contribution in [0.3, 0.4) is 0 Å². The first-order valence-corrected chi connectivity index (χ1v) is 13.7. The third-order valence-electron chi connectivity index (χ3n) is 6.14. The van der Waals surface area contributed by atoms with Crippen LogP contribution in [0.2, 0.25) is 0 Å². The molecule has 1 aromatic heterocycles. The second kappa shape index (κ2) is 16.4. The predicted molar refractivity (Wildman–Crippen MR) is 148 cm³/mol. The number of hydrogen-bond acceptors (Lipinski definition) is 6. The molecule has 2 aromatic carbocycles. The van der Waals surface area contributed by atoms with Gasteiger partial charge in [0.2, 0.25) is 0 Å². The van der Waals surface area contributed by atoms with Crippen LogP contribution in [-0.2, 0) is 4.74 Å². The van der Waals surface area contributed by atoms with Gasteiger partial charge in [0.1, 0.15) is 11.5 Å². The van der Waals surface area contributed by atoms with Gasteiger partial charge < -0.3 is 14.2 Å². The quantitative estimate of drug-likeness (QED) is 0.110. The summed E-state index contributed by atoms with van der Waals surface area (Å²) in [7, 11) is 0. The maximum absolute atomic E-state index is 11.9. The van der Waals surface area contributed by atoms with Gasteiger partial charge in [0.25, 0.3) is 0 Å². The van der Waals surface area contributed by atoms with Gasteiger partial charge in [0, 0.05) is 11.1 Å². The molecule has 0 atom stereocenters. The largest absolute Gasteiger partial charge is 0.513 e. The van der Waals surface area contributed by atoms with Crippen molar-refractivity contribution in [2.45, 2.75) is 78.1 Å². The lowest BCUT2D eigenvalue weighted by Crippen LogP contribution is -2.11. The highest BCUT2D eigenvalue weighted by atomic mass is 16.7. The second-order valence-electron chi connectivity index (χ2n) is 9.21. The van der Waals surface area contributed by atoms with Gasteiger partial charge in [-0.05, 0) is 61.4 Å². The summed E-state index contributed by atoms with van der Waals surface area (Å²) in [6.07, 6.45) is 14.5. The van der Waals surface area contributed by atoms with E-state index in [0.717, 1.165) is 54.1 Å². The molecule has 198 valence electrons. The predicted octanol–water partition coefficient (Wildman–Crippen LogP) is 8.65. The normalized spacial score (nSPS) is 10.8. The van der Waals surface area contributed by atoms with Gasteiger partial charge in [0.05, 0.1) is 37.0 Å². The van der Waals surface area contributed by atoms with Crippen LogP contribution in [0, 0.1) is 0 Å². The van der Waals surface area contributed by atoms with E-state index < -0.39 is 6.16 Å². The number of benzene rings is 2. The number of ether oxygens (including phenoxy) is 3. The molecule has 0 saturated carbocycles. The molecule has 0 radical (unpaired) electrons. The van der Waals surface area contributed by atoms with Crippen LogP contribution in [-0.4, -0.2) is 29.3 Å². The van der Waals surface area contributed by atoms with Gasteiger partial charge in [-0.3, -0.25) is 9.97 Å². The maximum atomic E-state index is 11.9. The van der Waals surface area contributed by atoms with Gasteiger partial charge >= 0.3 is 6.16 Å². The van der Waals surface area contributed by atoms with Crippen LogP contribution >= 0.6 is 0 Å². The van der Waals surface area contributed by atoms with Crippen LogP contribution in [0.1, 0.15) is 78.1 Å². The van der Waals surface area contributed by atoms with Crippen molar-refractivity contribution in [3.8, 4) is 34.0 Å². The molecule has 3 aromatic rings. The Kier molecular flexibility index (Phi) is 12.5. The van der Waals surface area contributed by atoms with E-state index >= 15 is 0 Å². The van der Waals surface area contributed by atoms with E-state index in [1.807, 2.05) is 36.4 Å². The molecule has 0 saturated heterocycles. The van der Waals surface area contributed by atoms with Gasteiger partial charge in [0.15, 0.2) is 0 Å². The summed E-state index contributed by atoms with van der Waals surface area (Å²) in [5, 5.41) is 0. The summed E-state index contributed by atoms with van der Waals surface area (Å²) >= 11 is 0. The van der Waals surface area contributed by atoms with E-state index in [-0.39, 0.29) is 0 Å². The summed E-state index contributed by atoms with van der Waals surface area (Å²) in [4.78, 5) is 21.1. The van der Waals surface area contributed by atoms with E-state index in [9.17, 15) is 4.79 Å². The molecule has 0 amide bonds. The Morgan fingerprint density at radius 1 is 0.622 bits per heavy atom. The highest BCUT2D eigenvalue weighted by Gasteiger charge is 2.08. The highest BCUT2D eigenvalue weighted by Crippen LogP contribution is 2.24. The zero-order valence-corrected chi connectivity index (χ0v) is 22.3. The van der Waals surface area contributed by atoms with Crippen LogP contribution in [0.15, 0.2) is 60.9 Å². The molecular formula is C31H40N2O4. The first-order valence-electron chi connectivity index (χ1n) is 13.7. The summed E-state index contributed by atoms with van der Waals surface area (Å²) in [6, 6.07) is 15.1. The lowest BCUT2D eigenvalue weighted by atomic mass is 10.1. The van der Waals surface area contributed by atoms with Gasteiger partial charge in [-0.25, -0.2) is 4.79 Å². The molecule has 0 fully saturated rings. The van der Waals surface area contributed by atoms with Gasteiger partial charge in [-0.1, -0.05) is 65.2 Å². The SMILES string of the molecule is CCCCCCCCOC(=O)Oc1ccc(-c2cnc(-c3ccc(OCCCCCC)cc3)cn2)cc1. The van der Waals surface area contributed by atoms with Crippen molar-refractivity contribution in [2.75, 3.05) is 13.2 Å². The lowest BCUT2D eigenvalue weighted by Gasteiger charge is -2.08.